The van der Waals surface area contributed by atoms with Gasteiger partial charge in [0.05, 0.1) is 35.9 Å². The number of allylic oxidation sites excluding steroid dienone is 1. The van der Waals surface area contributed by atoms with Crippen LogP contribution in [0.5, 0.6) is 5.75 Å². The predicted molar refractivity (Wildman–Crippen MR) is 84.8 cm³/mol. The summed E-state index contributed by atoms with van der Waals surface area (Å²) in [5, 5.41) is 9.41. The van der Waals surface area contributed by atoms with Gasteiger partial charge in [0, 0.05) is 0 Å². The summed E-state index contributed by atoms with van der Waals surface area (Å²) in [5.41, 5.74) is 3.00. The average molecular weight is 307 g/mol. The number of aliphatic hydroxyl groups is 1. The maximum absolute atomic E-state index is 8.83. The zero-order valence-electron chi connectivity index (χ0n) is 12.2. The average Bonchev–Trinajstić information content (AvgIpc) is 2.82. The summed E-state index contributed by atoms with van der Waals surface area (Å²) in [5.74, 6) is 0.590. The van der Waals surface area contributed by atoms with Crippen LogP contribution in [0, 0.1) is 6.92 Å². The molecule has 0 aliphatic rings. The number of hydrogen-bond acceptors (Lipinski definition) is 3. The molecule has 0 spiro atoms. The van der Waals surface area contributed by atoms with Crippen molar-refractivity contribution in [3.63, 3.8) is 0 Å². The molecule has 112 valence electrons. The zero-order valence-corrected chi connectivity index (χ0v) is 13.0. The first-order valence-corrected chi connectivity index (χ1v) is 7.20. The van der Waals surface area contributed by atoms with Crippen LogP contribution in [0.2, 0.25) is 5.02 Å². The van der Waals surface area contributed by atoms with Crippen LogP contribution >= 0.6 is 11.6 Å². The van der Waals surface area contributed by atoms with Crippen LogP contribution in [0.25, 0.3) is 6.08 Å². The standard InChI is InChI=1S/C16H19ClN2O2/c1-3-5-14-12(2)18-11-19(14)10-13-6-4-7-15(16(13)17)21-9-8-20/h3-7,11,20H,8-10H2,1-2H3/b5-3-. The highest BCUT2D eigenvalue weighted by molar-refractivity contribution is 6.32. The molecular formula is C16H19ClN2O2. The van der Waals surface area contributed by atoms with Crippen LogP contribution in [0.1, 0.15) is 23.9 Å². The molecule has 1 aromatic carbocycles. The van der Waals surface area contributed by atoms with Crippen molar-refractivity contribution in [2.24, 2.45) is 0 Å². The molecule has 0 saturated carbocycles. The van der Waals surface area contributed by atoms with E-state index in [1.54, 1.807) is 6.07 Å². The predicted octanol–water partition coefficient (Wildman–Crippen LogP) is 3.30. The highest BCUT2D eigenvalue weighted by Gasteiger charge is 2.10. The number of benzene rings is 1. The Bertz CT molecular complexity index is 635. The molecule has 21 heavy (non-hydrogen) atoms. The van der Waals surface area contributed by atoms with E-state index in [1.165, 1.54) is 0 Å². The number of ether oxygens (including phenoxy) is 1. The van der Waals surface area contributed by atoms with Gasteiger partial charge in [-0.1, -0.05) is 29.8 Å². The minimum Gasteiger partial charge on any atom is -0.490 e. The van der Waals surface area contributed by atoms with E-state index < -0.39 is 0 Å². The molecule has 0 aliphatic carbocycles. The first kappa shape index (κ1) is 15.6. The van der Waals surface area contributed by atoms with Gasteiger partial charge in [0.15, 0.2) is 0 Å². The van der Waals surface area contributed by atoms with E-state index in [-0.39, 0.29) is 13.2 Å². The van der Waals surface area contributed by atoms with Gasteiger partial charge in [-0.25, -0.2) is 4.98 Å². The molecule has 1 heterocycles. The summed E-state index contributed by atoms with van der Waals surface area (Å²) < 4.78 is 7.47. The van der Waals surface area contributed by atoms with Crippen molar-refractivity contribution >= 4 is 17.7 Å². The number of rotatable bonds is 6. The van der Waals surface area contributed by atoms with Gasteiger partial charge < -0.3 is 14.4 Å². The molecule has 1 aromatic heterocycles. The lowest BCUT2D eigenvalue weighted by Crippen LogP contribution is -2.05. The van der Waals surface area contributed by atoms with Crippen molar-refractivity contribution < 1.29 is 9.84 Å². The summed E-state index contributed by atoms with van der Waals surface area (Å²) in [7, 11) is 0. The molecule has 0 aliphatic heterocycles. The van der Waals surface area contributed by atoms with Crippen LogP contribution in [-0.2, 0) is 6.54 Å². The molecule has 5 heteroatoms. The molecule has 0 amide bonds. The summed E-state index contributed by atoms with van der Waals surface area (Å²) in [6.07, 6.45) is 5.83. The zero-order chi connectivity index (χ0) is 15.2. The van der Waals surface area contributed by atoms with Crippen LogP contribution in [0.15, 0.2) is 30.6 Å². The van der Waals surface area contributed by atoms with E-state index in [0.717, 1.165) is 17.0 Å². The number of imidazole rings is 1. The number of aliphatic hydroxyl groups excluding tert-OH is 1. The van der Waals surface area contributed by atoms with Gasteiger partial charge in [0.2, 0.25) is 0 Å². The van der Waals surface area contributed by atoms with E-state index in [9.17, 15) is 0 Å². The van der Waals surface area contributed by atoms with Gasteiger partial charge in [0.1, 0.15) is 12.4 Å². The fourth-order valence-electron chi connectivity index (χ4n) is 2.12. The van der Waals surface area contributed by atoms with E-state index in [0.29, 0.717) is 17.3 Å². The topological polar surface area (TPSA) is 47.3 Å². The van der Waals surface area contributed by atoms with Gasteiger partial charge in [-0.3, -0.25) is 0 Å². The number of halogens is 1. The number of nitrogens with zero attached hydrogens (tertiary/aromatic N) is 2. The fraction of sp³-hybridized carbons (Fsp3) is 0.312. The smallest absolute Gasteiger partial charge is 0.138 e. The summed E-state index contributed by atoms with van der Waals surface area (Å²) in [6.45, 7) is 4.78. The first-order chi connectivity index (χ1) is 10.2. The van der Waals surface area contributed by atoms with Crippen molar-refractivity contribution in [2.75, 3.05) is 13.2 Å². The van der Waals surface area contributed by atoms with Crippen molar-refractivity contribution in [2.45, 2.75) is 20.4 Å². The third-order valence-corrected chi connectivity index (χ3v) is 3.56. The van der Waals surface area contributed by atoms with Gasteiger partial charge in [-0.15, -0.1) is 0 Å². The Hall–Kier alpha value is -1.78. The summed E-state index contributed by atoms with van der Waals surface area (Å²) in [4.78, 5) is 4.34. The van der Waals surface area contributed by atoms with Crippen LogP contribution in [0.4, 0.5) is 0 Å². The van der Waals surface area contributed by atoms with Gasteiger partial charge in [0.25, 0.3) is 0 Å². The monoisotopic (exact) mass is 306 g/mol. The molecule has 0 unspecified atom stereocenters. The van der Waals surface area contributed by atoms with Gasteiger partial charge in [-0.2, -0.15) is 0 Å². The number of aromatic nitrogens is 2. The largest absolute Gasteiger partial charge is 0.490 e. The Morgan fingerprint density at radius 2 is 2.24 bits per heavy atom. The quantitative estimate of drug-likeness (QED) is 0.891. The number of aryl methyl sites for hydroxylation is 1. The van der Waals surface area contributed by atoms with E-state index in [4.69, 9.17) is 21.4 Å². The van der Waals surface area contributed by atoms with Crippen molar-refractivity contribution in [3.8, 4) is 5.75 Å². The second-order valence-corrected chi connectivity index (χ2v) is 5.02. The highest BCUT2D eigenvalue weighted by Crippen LogP contribution is 2.29. The molecule has 2 rings (SSSR count). The Morgan fingerprint density at radius 1 is 1.43 bits per heavy atom. The molecule has 0 saturated heterocycles. The van der Waals surface area contributed by atoms with Crippen molar-refractivity contribution in [1.29, 1.82) is 0 Å². The third-order valence-electron chi connectivity index (χ3n) is 3.13. The molecule has 0 fully saturated rings. The highest BCUT2D eigenvalue weighted by atomic mass is 35.5. The van der Waals surface area contributed by atoms with Gasteiger partial charge in [-0.05, 0) is 31.6 Å². The molecule has 2 aromatic rings. The normalized spacial score (nSPS) is 11.2. The second kappa shape index (κ2) is 7.29. The Morgan fingerprint density at radius 3 is 2.95 bits per heavy atom. The van der Waals surface area contributed by atoms with Crippen molar-refractivity contribution in [1.82, 2.24) is 9.55 Å². The van der Waals surface area contributed by atoms with Crippen molar-refractivity contribution in [3.05, 3.63) is 52.6 Å². The lowest BCUT2D eigenvalue weighted by atomic mass is 10.2. The molecule has 1 N–H and O–H groups in total. The maximum atomic E-state index is 8.83. The van der Waals surface area contributed by atoms with Crippen LogP contribution in [0.3, 0.4) is 0 Å². The molecule has 0 radical (unpaired) electrons. The molecule has 4 nitrogen and oxygen atoms in total. The summed E-state index contributed by atoms with van der Waals surface area (Å²) in [6, 6.07) is 5.66. The lowest BCUT2D eigenvalue weighted by molar-refractivity contribution is 0.201. The minimum atomic E-state index is -0.0350. The van der Waals surface area contributed by atoms with Crippen LogP contribution in [-0.4, -0.2) is 27.9 Å². The first-order valence-electron chi connectivity index (χ1n) is 6.82. The number of hydrogen-bond donors (Lipinski definition) is 1. The van der Waals surface area contributed by atoms with E-state index >= 15 is 0 Å². The molecule has 0 bridgehead atoms. The van der Waals surface area contributed by atoms with Gasteiger partial charge >= 0.3 is 0 Å². The molecular weight excluding hydrogens is 288 g/mol. The molecule has 0 atom stereocenters. The third kappa shape index (κ3) is 3.65. The van der Waals surface area contributed by atoms with E-state index in [1.807, 2.05) is 49.0 Å². The Kier molecular flexibility index (Phi) is 5.42. The Balaban J connectivity index is 2.28. The minimum absolute atomic E-state index is 0.0350. The fourth-order valence-corrected chi connectivity index (χ4v) is 2.36. The maximum Gasteiger partial charge on any atom is 0.138 e. The van der Waals surface area contributed by atoms with E-state index in [2.05, 4.69) is 4.98 Å². The SMILES string of the molecule is C/C=C\c1c(C)ncn1Cc1cccc(OCCO)c1Cl. The summed E-state index contributed by atoms with van der Waals surface area (Å²) >= 11 is 6.37. The lowest BCUT2D eigenvalue weighted by Gasteiger charge is -2.12. The van der Waals surface area contributed by atoms with Crippen LogP contribution < -0.4 is 4.74 Å². The Labute approximate surface area is 129 Å². The second-order valence-electron chi connectivity index (χ2n) is 4.64.